The second kappa shape index (κ2) is 4.24. The zero-order valence-corrected chi connectivity index (χ0v) is 8.43. The standard InChI is InChI=1S/C11H11ClO/c1-8-3-4-10(7-9(8)2)11(12)5-6-13/h3-7H,1-2H3/b11-5-. The number of aryl methyl sites for hydroxylation is 2. The molecular weight excluding hydrogens is 184 g/mol. The molecule has 1 aromatic carbocycles. The van der Waals surface area contributed by atoms with E-state index in [-0.39, 0.29) is 0 Å². The summed E-state index contributed by atoms with van der Waals surface area (Å²) in [6.45, 7) is 4.06. The van der Waals surface area contributed by atoms with E-state index in [0.717, 1.165) is 5.56 Å². The normalized spacial score (nSPS) is 11.5. The van der Waals surface area contributed by atoms with Crippen LogP contribution in [0.4, 0.5) is 0 Å². The summed E-state index contributed by atoms with van der Waals surface area (Å²) in [5.74, 6) is 0. The van der Waals surface area contributed by atoms with Crippen molar-refractivity contribution in [2.45, 2.75) is 13.8 Å². The maximum atomic E-state index is 10.2. The van der Waals surface area contributed by atoms with E-state index in [0.29, 0.717) is 11.3 Å². The second-order valence-corrected chi connectivity index (χ2v) is 3.36. The third-order valence-corrected chi connectivity index (χ3v) is 2.34. The number of hydrogen-bond donors (Lipinski definition) is 0. The first-order valence-electron chi connectivity index (χ1n) is 4.03. The summed E-state index contributed by atoms with van der Waals surface area (Å²) in [5.41, 5.74) is 3.28. The quantitative estimate of drug-likeness (QED) is 0.523. The molecule has 0 heterocycles. The molecule has 1 nitrogen and oxygen atoms in total. The summed E-state index contributed by atoms with van der Waals surface area (Å²) >= 11 is 5.86. The van der Waals surface area contributed by atoms with Crippen LogP contribution in [0.15, 0.2) is 24.3 Å². The maximum Gasteiger partial charge on any atom is 0.144 e. The van der Waals surface area contributed by atoms with Gasteiger partial charge in [0, 0.05) is 0 Å². The Morgan fingerprint density at radius 2 is 2.00 bits per heavy atom. The van der Waals surface area contributed by atoms with Crippen LogP contribution in [0.2, 0.25) is 0 Å². The Morgan fingerprint density at radius 3 is 2.54 bits per heavy atom. The van der Waals surface area contributed by atoms with Gasteiger partial charge in [-0.1, -0.05) is 29.8 Å². The van der Waals surface area contributed by atoms with Crippen LogP contribution >= 0.6 is 11.6 Å². The lowest BCUT2D eigenvalue weighted by Gasteiger charge is -2.02. The Morgan fingerprint density at radius 1 is 1.31 bits per heavy atom. The van der Waals surface area contributed by atoms with Crippen molar-refractivity contribution >= 4 is 22.9 Å². The lowest BCUT2D eigenvalue weighted by molar-refractivity contribution is -0.104. The van der Waals surface area contributed by atoms with Gasteiger partial charge in [0.2, 0.25) is 0 Å². The molecule has 0 aliphatic rings. The number of benzene rings is 1. The fourth-order valence-electron chi connectivity index (χ4n) is 1.05. The van der Waals surface area contributed by atoms with E-state index in [1.807, 2.05) is 32.0 Å². The number of aldehydes is 1. The van der Waals surface area contributed by atoms with Crippen LogP contribution in [0.1, 0.15) is 16.7 Å². The largest absolute Gasteiger partial charge is 0.299 e. The zero-order chi connectivity index (χ0) is 9.84. The summed E-state index contributed by atoms with van der Waals surface area (Å²) in [6.07, 6.45) is 2.04. The molecule has 0 amide bonds. The molecule has 1 rings (SSSR count). The van der Waals surface area contributed by atoms with Crippen LogP contribution in [0, 0.1) is 13.8 Å². The minimum Gasteiger partial charge on any atom is -0.299 e. The number of allylic oxidation sites excluding steroid dienone is 1. The molecule has 68 valence electrons. The molecule has 0 aliphatic heterocycles. The van der Waals surface area contributed by atoms with Crippen molar-refractivity contribution in [2.75, 3.05) is 0 Å². The highest BCUT2D eigenvalue weighted by Crippen LogP contribution is 2.20. The van der Waals surface area contributed by atoms with E-state index in [2.05, 4.69) is 0 Å². The minimum absolute atomic E-state index is 0.484. The van der Waals surface area contributed by atoms with Crippen LogP contribution in [0.5, 0.6) is 0 Å². The predicted octanol–water partition coefficient (Wildman–Crippen LogP) is 3.08. The average Bonchev–Trinajstić information content (AvgIpc) is 2.10. The Bertz CT molecular complexity index is 353. The van der Waals surface area contributed by atoms with E-state index in [1.54, 1.807) is 0 Å². The molecule has 0 bridgehead atoms. The Hall–Kier alpha value is -1.08. The molecule has 0 atom stereocenters. The van der Waals surface area contributed by atoms with E-state index >= 15 is 0 Å². The van der Waals surface area contributed by atoms with Gasteiger partial charge < -0.3 is 0 Å². The number of halogens is 1. The van der Waals surface area contributed by atoms with Crippen molar-refractivity contribution in [2.24, 2.45) is 0 Å². The van der Waals surface area contributed by atoms with E-state index in [9.17, 15) is 4.79 Å². The predicted molar refractivity (Wildman–Crippen MR) is 55.8 cm³/mol. The third-order valence-electron chi connectivity index (χ3n) is 2.00. The Labute approximate surface area is 83.0 Å². The molecule has 0 aliphatic carbocycles. The van der Waals surface area contributed by atoms with Gasteiger partial charge in [-0.25, -0.2) is 0 Å². The molecule has 0 fully saturated rings. The minimum atomic E-state index is 0.484. The van der Waals surface area contributed by atoms with E-state index < -0.39 is 0 Å². The van der Waals surface area contributed by atoms with Gasteiger partial charge in [-0.2, -0.15) is 0 Å². The molecule has 0 aromatic heterocycles. The van der Waals surface area contributed by atoms with Gasteiger partial charge in [0.25, 0.3) is 0 Å². The summed E-state index contributed by atoms with van der Waals surface area (Å²) in [4.78, 5) is 10.2. The van der Waals surface area contributed by atoms with E-state index in [4.69, 9.17) is 11.6 Å². The molecule has 2 heteroatoms. The topological polar surface area (TPSA) is 17.1 Å². The third kappa shape index (κ3) is 2.43. The Balaban J connectivity index is 3.10. The zero-order valence-electron chi connectivity index (χ0n) is 7.67. The Kier molecular flexibility index (Phi) is 3.26. The van der Waals surface area contributed by atoms with Crippen LogP contribution in [0.25, 0.3) is 5.03 Å². The number of carbonyl (C=O) groups excluding carboxylic acids is 1. The van der Waals surface area contributed by atoms with Crippen LogP contribution in [-0.4, -0.2) is 6.29 Å². The highest BCUT2D eigenvalue weighted by molar-refractivity contribution is 6.49. The van der Waals surface area contributed by atoms with Crippen molar-refractivity contribution in [3.63, 3.8) is 0 Å². The fourth-order valence-corrected chi connectivity index (χ4v) is 1.21. The van der Waals surface area contributed by atoms with Gasteiger partial charge in [0.1, 0.15) is 6.29 Å². The van der Waals surface area contributed by atoms with Crippen molar-refractivity contribution in [1.29, 1.82) is 0 Å². The molecule has 0 N–H and O–H groups in total. The molecule has 0 radical (unpaired) electrons. The highest BCUT2D eigenvalue weighted by Gasteiger charge is 1.99. The van der Waals surface area contributed by atoms with Gasteiger partial charge in [0.15, 0.2) is 0 Å². The molecule has 0 spiro atoms. The number of rotatable bonds is 2. The van der Waals surface area contributed by atoms with Crippen molar-refractivity contribution in [3.05, 3.63) is 41.0 Å². The SMILES string of the molecule is Cc1ccc(/C(Cl)=C/C=O)cc1C. The highest BCUT2D eigenvalue weighted by atomic mass is 35.5. The van der Waals surface area contributed by atoms with Crippen LogP contribution in [-0.2, 0) is 4.79 Å². The first kappa shape index (κ1) is 10.0. The van der Waals surface area contributed by atoms with Gasteiger partial charge >= 0.3 is 0 Å². The molecule has 0 saturated heterocycles. The van der Waals surface area contributed by atoms with Crippen molar-refractivity contribution in [1.82, 2.24) is 0 Å². The summed E-state index contributed by atoms with van der Waals surface area (Å²) in [5, 5.41) is 0.484. The number of hydrogen-bond acceptors (Lipinski definition) is 1. The maximum absolute atomic E-state index is 10.2. The molecular formula is C11H11ClO. The summed E-state index contributed by atoms with van der Waals surface area (Å²) in [6, 6.07) is 5.87. The van der Waals surface area contributed by atoms with Gasteiger partial charge in [0.05, 0.1) is 5.03 Å². The monoisotopic (exact) mass is 194 g/mol. The average molecular weight is 195 g/mol. The van der Waals surface area contributed by atoms with Gasteiger partial charge in [-0.15, -0.1) is 0 Å². The molecule has 0 saturated carbocycles. The van der Waals surface area contributed by atoms with Crippen LogP contribution < -0.4 is 0 Å². The van der Waals surface area contributed by atoms with Gasteiger partial charge in [-0.05, 0) is 36.6 Å². The molecule has 13 heavy (non-hydrogen) atoms. The summed E-state index contributed by atoms with van der Waals surface area (Å²) in [7, 11) is 0. The molecule has 0 unspecified atom stereocenters. The second-order valence-electron chi connectivity index (χ2n) is 2.95. The van der Waals surface area contributed by atoms with Crippen LogP contribution in [0.3, 0.4) is 0 Å². The fraction of sp³-hybridized carbons (Fsp3) is 0.182. The number of carbonyl (C=O) groups is 1. The lowest BCUT2D eigenvalue weighted by Crippen LogP contribution is -1.84. The first-order valence-corrected chi connectivity index (χ1v) is 4.41. The van der Waals surface area contributed by atoms with E-state index in [1.165, 1.54) is 17.2 Å². The smallest absolute Gasteiger partial charge is 0.144 e. The summed E-state index contributed by atoms with van der Waals surface area (Å²) < 4.78 is 0. The van der Waals surface area contributed by atoms with Gasteiger partial charge in [-0.3, -0.25) is 4.79 Å². The van der Waals surface area contributed by atoms with Crippen molar-refractivity contribution < 1.29 is 4.79 Å². The van der Waals surface area contributed by atoms with Crippen molar-refractivity contribution in [3.8, 4) is 0 Å². The lowest BCUT2D eigenvalue weighted by atomic mass is 10.1. The first-order chi connectivity index (χ1) is 6.15. The molecule has 1 aromatic rings.